The molecule has 0 spiro atoms. The molecule has 78 heavy (non-hydrogen) atoms. The Morgan fingerprint density at radius 3 is 1.23 bits per heavy atom. The van der Waals surface area contributed by atoms with Crippen molar-refractivity contribution in [3.63, 3.8) is 0 Å². The lowest BCUT2D eigenvalue weighted by Gasteiger charge is -2.30. The molecule has 9 nitrogen and oxygen atoms in total. The van der Waals surface area contributed by atoms with Crippen molar-refractivity contribution in [3.05, 3.63) is 85.1 Å². The summed E-state index contributed by atoms with van der Waals surface area (Å²) in [6.45, 7) is 6.73. The van der Waals surface area contributed by atoms with Gasteiger partial charge in [-0.25, -0.2) is 0 Å². The molecule has 1 N–H and O–H groups in total. The van der Waals surface area contributed by atoms with Gasteiger partial charge in [-0.05, 0) is 83.1 Å². The zero-order chi connectivity index (χ0) is 57.2. The van der Waals surface area contributed by atoms with Gasteiger partial charge in [-0.15, -0.1) is 0 Å². The summed E-state index contributed by atoms with van der Waals surface area (Å²) < 4.78 is 30.3. The van der Waals surface area contributed by atoms with Crippen molar-refractivity contribution in [2.45, 2.75) is 296 Å². The Balaban J connectivity index is 5.28. The molecule has 0 aromatic heterocycles. The van der Waals surface area contributed by atoms with Crippen molar-refractivity contribution < 1.29 is 37.3 Å². The van der Waals surface area contributed by atoms with Gasteiger partial charge in [0.2, 0.25) is 5.91 Å². The SMILES string of the molecule is CC/C=C\C/C=C\C/C=C\C/C=C\C/C=C\C/C=C\CCCCCCC(=O)OC(/C=C/CCCCCCCCCCCCC)C(COP(=O)([O-])OCC[N+](C)(C)C)NC(=O)CCCCCCCCCCCCCCCCCC. The van der Waals surface area contributed by atoms with E-state index in [2.05, 4.69) is 99.0 Å². The highest BCUT2D eigenvalue weighted by Gasteiger charge is 2.27. The number of likely N-dealkylation sites (N-methyl/N-ethyl adjacent to an activating group) is 1. The van der Waals surface area contributed by atoms with Gasteiger partial charge in [0.25, 0.3) is 7.82 Å². The van der Waals surface area contributed by atoms with Crippen LogP contribution in [0.2, 0.25) is 0 Å². The fourth-order valence-corrected chi connectivity index (χ4v) is 9.84. The number of phosphoric acid groups is 1. The highest BCUT2D eigenvalue weighted by atomic mass is 31.2. The minimum absolute atomic E-state index is 0.0285. The Morgan fingerprint density at radius 1 is 0.462 bits per heavy atom. The Labute approximate surface area is 482 Å². The zero-order valence-electron chi connectivity index (χ0n) is 51.6. The molecule has 3 atom stereocenters. The Morgan fingerprint density at radius 2 is 0.821 bits per heavy atom. The molecule has 0 aliphatic carbocycles. The molecule has 0 aromatic rings. The molecule has 0 aliphatic rings. The summed E-state index contributed by atoms with van der Waals surface area (Å²) in [7, 11) is 1.17. The fourth-order valence-electron chi connectivity index (χ4n) is 9.11. The first kappa shape index (κ1) is 75.2. The smallest absolute Gasteiger partial charge is 0.306 e. The maximum absolute atomic E-state index is 13.5. The summed E-state index contributed by atoms with van der Waals surface area (Å²) in [5.41, 5.74) is 0. The normalized spacial score (nSPS) is 14.2. The van der Waals surface area contributed by atoms with E-state index in [1.54, 1.807) is 0 Å². The first-order valence-electron chi connectivity index (χ1n) is 32.4. The van der Waals surface area contributed by atoms with Gasteiger partial charge in [0.1, 0.15) is 19.3 Å². The summed E-state index contributed by atoms with van der Waals surface area (Å²) >= 11 is 0. The lowest BCUT2D eigenvalue weighted by molar-refractivity contribution is -0.870. The number of allylic oxidation sites excluding steroid dienone is 13. The van der Waals surface area contributed by atoms with Crippen molar-refractivity contribution in [1.29, 1.82) is 0 Å². The molecule has 10 heteroatoms. The average molecular weight is 1110 g/mol. The van der Waals surface area contributed by atoms with Crippen LogP contribution in [0, 0.1) is 0 Å². The van der Waals surface area contributed by atoms with E-state index in [0.717, 1.165) is 103 Å². The number of hydrogen-bond acceptors (Lipinski definition) is 7. The Bertz CT molecular complexity index is 1610. The van der Waals surface area contributed by atoms with E-state index in [9.17, 15) is 19.0 Å². The number of rotatable bonds is 58. The highest BCUT2D eigenvalue weighted by Crippen LogP contribution is 2.38. The molecule has 0 aromatic carbocycles. The molecule has 0 heterocycles. The number of esters is 1. The van der Waals surface area contributed by atoms with Crippen LogP contribution in [0.15, 0.2) is 85.1 Å². The predicted octanol–water partition coefficient (Wildman–Crippen LogP) is 19.5. The molecular formula is C68H123N2O7P. The summed E-state index contributed by atoms with van der Waals surface area (Å²) in [5, 5.41) is 3.03. The molecule has 0 saturated heterocycles. The molecular weight excluding hydrogens is 988 g/mol. The topological polar surface area (TPSA) is 114 Å². The van der Waals surface area contributed by atoms with Gasteiger partial charge in [-0.3, -0.25) is 14.2 Å². The molecule has 452 valence electrons. The van der Waals surface area contributed by atoms with E-state index in [1.807, 2.05) is 33.3 Å². The van der Waals surface area contributed by atoms with Crippen LogP contribution in [0.3, 0.4) is 0 Å². The standard InChI is InChI=1S/C68H123N2O7P/c1-7-10-13-16-19-22-25-28-30-32-33-34-35-36-37-38-40-43-46-49-52-55-58-61-68(72)77-66(59-56-53-50-47-44-41-27-24-21-18-15-12-9-3)65(64-76-78(73,74)75-63-62-70(4,5)6)69-67(71)60-57-54-51-48-45-42-39-31-29-26-23-20-17-14-11-8-2/h10,13,19,22,28,30,33-34,36-37,40,43,56,59,65-66H,7-9,11-12,14-18,20-21,23-27,29,31-32,35,38-39,41-42,44-55,57-58,60-64H2,1-6H3,(H-,69,71,73,74)/b13-10-,22-19-,30-28-,34-33-,37-36-,43-40-,59-56+. The fraction of sp³-hybridized carbons (Fsp3) is 0.765. The maximum Gasteiger partial charge on any atom is 0.306 e. The number of unbranched alkanes of at least 4 members (excludes halogenated alkanes) is 30. The van der Waals surface area contributed by atoms with Gasteiger partial charge in [0, 0.05) is 12.8 Å². The van der Waals surface area contributed by atoms with E-state index in [-0.39, 0.29) is 24.9 Å². The van der Waals surface area contributed by atoms with Crippen LogP contribution >= 0.6 is 7.82 Å². The number of ether oxygens (including phenoxy) is 1. The van der Waals surface area contributed by atoms with Gasteiger partial charge in [0.15, 0.2) is 0 Å². The minimum atomic E-state index is -4.71. The number of carbonyl (C=O) groups excluding carboxylic acids is 2. The first-order chi connectivity index (χ1) is 37.9. The van der Waals surface area contributed by atoms with Crippen LogP contribution in [0.25, 0.3) is 0 Å². The van der Waals surface area contributed by atoms with Gasteiger partial charge in [0.05, 0.1) is 33.8 Å². The van der Waals surface area contributed by atoms with Crippen molar-refractivity contribution in [2.24, 2.45) is 0 Å². The van der Waals surface area contributed by atoms with Crippen molar-refractivity contribution in [3.8, 4) is 0 Å². The summed E-state index contributed by atoms with van der Waals surface area (Å²) in [6.07, 6.45) is 75.4. The molecule has 1 amide bonds. The van der Waals surface area contributed by atoms with Gasteiger partial charge < -0.3 is 28.5 Å². The van der Waals surface area contributed by atoms with Crippen LogP contribution in [0.4, 0.5) is 0 Å². The van der Waals surface area contributed by atoms with Crippen LogP contribution in [-0.4, -0.2) is 69.4 Å². The molecule has 0 radical (unpaired) electrons. The van der Waals surface area contributed by atoms with Crippen LogP contribution in [0.5, 0.6) is 0 Å². The van der Waals surface area contributed by atoms with Crippen molar-refractivity contribution in [2.75, 3.05) is 40.9 Å². The van der Waals surface area contributed by atoms with E-state index in [0.29, 0.717) is 23.9 Å². The Kier molecular flexibility index (Phi) is 55.4. The third kappa shape index (κ3) is 57.9. The van der Waals surface area contributed by atoms with Gasteiger partial charge in [-0.2, -0.15) is 0 Å². The second-order valence-electron chi connectivity index (χ2n) is 22.9. The van der Waals surface area contributed by atoms with Gasteiger partial charge in [-0.1, -0.05) is 273 Å². The molecule has 0 fully saturated rings. The van der Waals surface area contributed by atoms with Crippen molar-refractivity contribution in [1.82, 2.24) is 5.32 Å². The largest absolute Gasteiger partial charge is 0.756 e. The number of nitrogens with one attached hydrogen (secondary N) is 1. The number of quaternary nitrogens is 1. The number of nitrogens with zero attached hydrogens (tertiary/aromatic N) is 1. The third-order valence-electron chi connectivity index (χ3n) is 14.1. The number of phosphoric ester groups is 1. The second-order valence-corrected chi connectivity index (χ2v) is 24.3. The maximum atomic E-state index is 13.5. The minimum Gasteiger partial charge on any atom is -0.756 e. The summed E-state index contributed by atoms with van der Waals surface area (Å²) in [6, 6.07) is -0.901. The number of hydrogen-bond donors (Lipinski definition) is 1. The lowest BCUT2D eigenvalue weighted by atomic mass is 10.0. The van der Waals surface area contributed by atoms with Crippen LogP contribution < -0.4 is 10.2 Å². The molecule has 3 unspecified atom stereocenters. The predicted molar refractivity (Wildman–Crippen MR) is 335 cm³/mol. The quantitative estimate of drug-likeness (QED) is 0.0212. The summed E-state index contributed by atoms with van der Waals surface area (Å²) in [5.74, 6) is -0.565. The number of carbonyl (C=O) groups is 2. The average Bonchev–Trinajstić information content (AvgIpc) is 3.40. The molecule has 0 aliphatic heterocycles. The molecule has 0 saturated carbocycles. The van der Waals surface area contributed by atoms with E-state index >= 15 is 0 Å². The monoisotopic (exact) mass is 1110 g/mol. The van der Waals surface area contributed by atoms with E-state index < -0.39 is 26.6 Å². The Hall–Kier alpha value is -2.81. The number of amides is 1. The van der Waals surface area contributed by atoms with Gasteiger partial charge >= 0.3 is 5.97 Å². The highest BCUT2D eigenvalue weighted by molar-refractivity contribution is 7.45. The van der Waals surface area contributed by atoms with Crippen LogP contribution in [0.1, 0.15) is 284 Å². The summed E-state index contributed by atoms with van der Waals surface area (Å²) in [4.78, 5) is 40.1. The zero-order valence-corrected chi connectivity index (χ0v) is 52.5. The molecule has 0 bridgehead atoms. The van der Waals surface area contributed by atoms with E-state index in [4.69, 9.17) is 13.8 Å². The van der Waals surface area contributed by atoms with E-state index in [1.165, 1.54) is 141 Å². The first-order valence-corrected chi connectivity index (χ1v) is 33.9. The van der Waals surface area contributed by atoms with Crippen LogP contribution in [-0.2, 0) is 27.9 Å². The molecule has 0 rings (SSSR count). The third-order valence-corrected chi connectivity index (χ3v) is 15.1. The second kappa shape index (κ2) is 57.4. The van der Waals surface area contributed by atoms with Crippen molar-refractivity contribution >= 4 is 19.7 Å². The lowest BCUT2D eigenvalue weighted by Crippen LogP contribution is -2.47.